The minimum Gasteiger partial charge on any atom is -0.352 e. The van der Waals surface area contributed by atoms with Crippen LogP contribution < -0.4 is 5.32 Å². The molecule has 0 aromatic heterocycles. The van der Waals surface area contributed by atoms with Crippen molar-refractivity contribution in [3.05, 3.63) is 68.7 Å². The van der Waals surface area contributed by atoms with Gasteiger partial charge in [-0.05, 0) is 42.2 Å². The molecule has 0 atom stereocenters. The van der Waals surface area contributed by atoms with Gasteiger partial charge < -0.3 is 10.2 Å². The molecule has 3 rings (SSSR count). The highest BCUT2D eigenvalue weighted by molar-refractivity contribution is 9.10. The first-order valence-corrected chi connectivity index (χ1v) is 9.79. The molecule has 0 saturated carbocycles. The number of rotatable bonds is 5. The first-order chi connectivity index (χ1) is 12.5. The Morgan fingerprint density at radius 1 is 1.15 bits per heavy atom. The summed E-state index contributed by atoms with van der Waals surface area (Å²) in [6, 6.07) is 13.4. The fraction of sp³-hybridized carbons (Fsp3) is 0.300. The highest BCUT2D eigenvalue weighted by Crippen LogP contribution is 2.21. The van der Waals surface area contributed by atoms with Crippen molar-refractivity contribution >= 4 is 39.3 Å². The number of carbonyl (C=O) groups excluding carboxylic acids is 2. The molecule has 6 heteroatoms. The number of fused-ring (bicyclic) bond motifs is 1. The molecule has 0 radical (unpaired) electrons. The lowest BCUT2D eigenvalue weighted by atomic mass is 9.99. The van der Waals surface area contributed by atoms with Gasteiger partial charge >= 0.3 is 0 Å². The molecule has 1 heterocycles. The van der Waals surface area contributed by atoms with Crippen molar-refractivity contribution < 1.29 is 9.59 Å². The quantitative estimate of drug-likeness (QED) is 0.716. The molecule has 26 heavy (non-hydrogen) atoms. The lowest BCUT2D eigenvalue weighted by molar-refractivity contribution is -0.132. The third kappa shape index (κ3) is 4.65. The lowest BCUT2D eigenvalue weighted by Gasteiger charge is -2.29. The molecule has 0 unspecified atom stereocenters. The Morgan fingerprint density at radius 2 is 1.92 bits per heavy atom. The summed E-state index contributed by atoms with van der Waals surface area (Å²) in [5.74, 6) is -0.0859. The van der Waals surface area contributed by atoms with E-state index in [4.69, 9.17) is 11.6 Å². The summed E-state index contributed by atoms with van der Waals surface area (Å²) in [6.07, 6.45) is 1.94. The van der Waals surface area contributed by atoms with E-state index in [0.29, 0.717) is 36.5 Å². The Labute approximate surface area is 166 Å². The van der Waals surface area contributed by atoms with Crippen LogP contribution in [-0.4, -0.2) is 29.8 Å². The number of nitrogens with zero attached hydrogens (tertiary/aromatic N) is 1. The van der Waals surface area contributed by atoms with Crippen molar-refractivity contribution in [1.29, 1.82) is 0 Å². The van der Waals surface area contributed by atoms with Gasteiger partial charge in [0.15, 0.2) is 0 Å². The zero-order chi connectivity index (χ0) is 18.5. The number of amides is 2. The standard InChI is InChI=1S/C20H20BrClN2O2/c21-16-7-8-17(18(22)12-16)20(26)23-10-3-6-19(25)24-11-9-14-4-1-2-5-15(14)13-24/h1-2,4-5,7-8,12H,3,6,9-11,13H2,(H,23,26). The molecule has 1 aliphatic rings. The Bertz CT molecular complexity index is 825. The van der Waals surface area contributed by atoms with Crippen molar-refractivity contribution in [1.82, 2.24) is 10.2 Å². The SMILES string of the molecule is O=C(NCCCC(=O)N1CCc2ccccc2C1)c1ccc(Br)cc1Cl. The third-order valence-electron chi connectivity index (χ3n) is 4.51. The van der Waals surface area contributed by atoms with Crippen LogP contribution in [0.3, 0.4) is 0 Å². The van der Waals surface area contributed by atoms with E-state index in [9.17, 15) is 9.59 Å². The molecule has 0 spiro atoms. The lowest BCUT2D eigenvalue weighted by Crippen LogP contribution is -2.36. The van der Waals surface area contributed by atoms with Gasteiger partial charge in [-0.2, -0.15) is 0 Å². The summed E-state index contributed by atoms with van der Waals surface area (Å²) >= 11 is 9.39. The molecule has 136 valence electrons. The van der Waals surface area contributed by atoms with Crippen LogP contribution in [0.15, 0.2) is 46.9 Å². The van der Waals surface area contributed by atoms with E-state index in [2.05, 4.69) is 33.4 Å². The Balaban J connectivity index is 1.44. The fourth-order valence-corrected chi connectivity index (χ4v) is 3.84. The summed E-state index contributed by atoms with van der Waals surface area (Å²) in [4.78, 5) is 26.5. The molecule has 0 fully saturated rings. The van der Waals surface area contributed by atoms with E-state index in [-0.39, 0.29) is 11.8 Å². The van der Waals surface area contributed by atoms with Crippen molar-refractivity contribution in [2.75, 3.05) is 13.1 Å². The summed E-state index contributed by atoms with van der Waals surface area (Å²) in [5.41, 5.74) is 2.99. The number of halogens is 2. The zero-order valence-electron chi connectivity index (χ0n) is 14.3. The van der Waals surface area contributed by atoms with Gasteiger partial charge in [0.1, 0.15) is 0 Å². The van der Waals surface area contributed by atoms with Crippen LogP contribution in [0.4, 0.5) is 0 Å². The van der Waals surface area contributed by atoms with E-state index >= 15 is 0 Å². The van der Waals surface area contributed by atoms with E-state index in [0.717, 1.165) is 17.4 Å². The second-order valence-corrected chi connectivity index (χ2v) is 7.64. The molecule has 2 amide bonds. The number of hydrogen-bond acceptors (Lipinski definition) is 2. The summed E-state index contributed by atoms with van der Waals surface area (Å²) in [7, 11) is 0. The van der Waals surface area contributed by atoms with Crippen molar-refractivity contribution in [2.24, 2.45) is 0 Å². The van der Waals surface area contributed by atoms with Crippen LogP contribution in [0.25, 0.3) is 0 Å². The number of hydrogen-bond donors (Lipinski definition) is 1. The molecule has 0 aliphatic carbocycles. The van der Waals surface area contributed by atoms with Crippen LogP contribution in [0, 0.1) is 0 Å². The normalized spacial score (nSPS) is 13.2. The first-order valence-electron chi connectivity index (χ1n) is 8.62. The molecular weight excluding hydrogens is 416 g/mol. The highest BCUT2D eigenvalue weighted by atomic mass is 79.9. The van der Waals surface area contributed by atoms with Gasteiger partial charge in [0, 0.05) is 30.5 Å². The van der Waals surface area contributed by atoms with Gasteiger partial charge in [-0.3, -0.25) is 9.59 Å². The molecule has 1 N–H and O–H groups in total. The van der Waals surface area contributed by atoms with Gasteiger partial charge in [-0.25, -0.2) is 0 Å². The maximum atomic E-state index is 12.4. The summed E-state index contributed by atoms with van der Waals surface area (Å²) in [6.45, 7) is 1.88. The van der Waals surface area contributed by atoms with Crippen molar-refractivity contribution in [3.63, 3.8) is 0 Å². The molecule has 0 bridgehead atoms. The third-order valence-corrected chi connectivity index (χ3v) is 5.32. The van der Waals surface area contributed by atoms with Crippen LogP contribution in [-0.2, 0) is 17.8 Å². The number of benzene rings is 2. The average molecular weight is 436 g/mol. The average Bonchev–Trinajstić information content (AvgIpc) is 2.64. The minimum atomic E-state index is -0.221. The molecular formula is C20H20BrClN2O2. The Kier molecular flexibility index (Phi) is 6.33. The topological polar surface area (TPSA) is 49.4 Å². The monoisotopic (exact) mass is 434 g/mol. The second kappa shape index (κ2) is 8.69. The molecule has 0 saturated heterocycles. The largest absolute Gasteiger partial charge is 0.352 e. The maximum absolute atomic E-state index is 12.4. The van der Waals surface area contributed by atoms with Gasteiger partial charge in [-0.15, -0.1) is 0 Å². The van der Waals surface area contributed by atoms with Gasteiger partial charge in [0.05, 0.1) is 10.6 Å². The van der Waals surface area contributed by atoms with E-state index in [1.165, 1.54) is 11.1 Å². The van der Waals surface area contributed by atoms with E-state index in [1.54, 1.807) is 18.2 Å². The van der Waals surface area contributed by atoms with E-state index < -0.39 is 0 Å². The first kappa shape index (κ1) is 18.9. The molecule has 2 aromatic carbocycles. The summed E-state index contributed by atoms with van der Waals surface area (Å²) in [5, 5.41) is 3.23. The van der Waals surface area contributed by atoms with Crippen LogP contribution in [0.1, 0.15) is 34.3 Å². The van der Waals surface area contributed by atoms with E-state index in [1.807, 2.05) is 17.0 Å². The minimum absolute atomic E-state index is 0.135. The Morgan fingerprint density at radius 3 is 2.69 bits per heavy atom. The predicted molar refractivity (Wildman–Crippen MR) is 106 cm³/mol. The van der Waals surface area contributed by atoms with Crippen LogP contribution in [0.5, 0.6) is 0 Å². The van der Waals surface area contributed by atoms with Gasteiger partial charge in [0.2, 0.25) is 5.91 Å². The van der Waals surface area contributed by atoms with Gasteiger partial charge in [0.25, 0.3) is 5.91 Å². The van der Waals surface area contributed by atoms with Crippen molar-refractivity contribution in [2.45, 2.75) is 25.8 Å². The number of nitrogens with one attached hydrogen (secondary N) is 1. The molecule has 1 aliphatic heterocycles. The molecule has 2 aromatic rings. The smallest absolute Gasteiger partial charge is 0.252 e. The maximum Gasteiger partial charge on any atom is 0.252 e. The Hall–Kier alpha value is -1.85. The highest BCUT2D eigenvalue weighted by Gasteiger charge is 2.20. The van der Waals surface area contributed by atoms with Crippen LogP contribution >= 0.6 is 27.5 Å². The number of carbonyl (C=O) groups is 2. The van der Waals surface area contributed by atoms with Crippen molar-refractivity contribution in [3.8, 4) is 0 Å². The molecule has 4 nitrogen and oxygen atoms in total. The zero-order valence-corrected chi connectivity index (χ0v) is 16.6. The van der Waals surface area contributed by atoms with Gasteiger partial charge in [-0.1, -0.05) is 51.8 Å². The summed E-state index contributed by atoms with van der Waals surface area (Å²) < 4.78 is 0.827. The van der Waals surface area contributed by atoms with Crippen LogP contribution in [0.2, 0.25) is 5.02 Å². The predicted octanol–water partition coefficient (Wildman–Crippen LogP) is 4.20. The second-order valence-electron chi connectivity index (χ2n) is 6.32. The fourth-order valence-electron chi connectivity index (χ4n) is 3.08.